The molecule has 2 heterocycles. The summed E-state index contributed by atoms with van der Waals surface area (Å²) in [5, 5.41) is 0. The Kier molecular flexibility index (Phi) is 6.96. The van der Waals surface area contributed by atoms with E-state index in [2.05, 4.69) is 86.3 Å². The summed E-state index contributed by atoms with van der Waals surface area (Å²) in [6, 6.07) is 0. The molecule has 0 aliphatic carbocycles. The molecule has 6 heteroatoms. The van der Waals surface area contributed by atoms with Crippen LogP contribution in [-0.4, -0.2) is 46.6 Å². The smallest absolute Gasteiger partial charge is 0.0752 e. The normalized spacial score (nSPS) is 25.9. The summed E-state index contributed by atoms with van der Waals surface area (Å²) in [4.78, 5) is 0. The molecule has 0 saturated carbocycles. The highest BCUT2D eigenvalue weighted by atomic mass is 32.2. The van der Waals surface area contributed by atoms with E-state index in [1.54, 1.807) is 0 Å². The van der Waals surface area contributed by atoms with Crippen molar-refractivity contribution in [1.29, 1.82) is 0 Å². The minimum atomic E-state index is -1.16. The van der Waals surface area contributed by atoms with Gasteiger partial charge in [-0.15, -0.1) is 47.0 Å². The first-order valence-electron chi connectivity index (χ1n) is 8.68. The summed E-state index contributed by atoms with van der Waals surface area (Å²) in [6.07, 6.45) is 5.76. The van der Waals surface area contributed by atoms with Crippen molar-refractivity contribution in [3.63, 3.8) is 0 Å². The Bertz CT molecular complexity index is 325. The van der Waals surface area contributed by atoms with Gasteiger partial charge in [0.25, 0.3) is 0 Å². The van der Waals surface area contributed by atoms with Crippen LogP contribution in [0, 0.1) is 0 Å². The maximum atomic E-state index is 2.61. The van der Waals surface area contributed by atoms with Crippen molar-refractivity contribution >= 4 is 63.2 Å². The minimum Gasteiger partial charge on any atom is -0.148 e. The van der Waals surface area contributed by atoms with Crippen LogP contribution >= 0.6 is 47.0 Å². The molecule has 0 amide bonds. The van der Waals surface area contributed by atoms with Crippen molar-refractivity contribution in [3.05, 3.63) is 0 Å². The number of thioether (sulfide) groups is 4. The van der Waals surface area contributed by atoms with Crippen molar-refractivity contribution < 1.29 is 0 Å². The molecule has 2 fully saturated rings. The van der Waals surface area contributed by atoms with Gasteiger partial charge in [0.2, 0.25) is 0 Å². The molecule has 22 heavy (non-hydrogen) atoms. The quantitative estimate of drug-likeness (QED) is 0.465. The summed E-state index contributed by atoms with van der Waals surface area (Å²) in [6.45, 7) is 15.7. The Morgan fingerprint density at radius 1 is 0.591 bits per heavy atom. The molecule has 0 aromatic heterocycles. The van der Waals surface area contributed by atoms with Crippen LogP contribution < -0.4 is 0 Å². The summed E-state index contributed by atoms with van der Waals surface area (Å²) in [5.41, 5.74) is 0. The van der Waals surface area contributed by atoms with Crippen LogP contribution in [-0.2, 0) is 0 Å². The van der Waals surface area contributed by atoms with E-state index >= 15 is 0 Å². The highest BCUT2D eigenvalue weighted by molar-refractivity contribution is 8.22. The van der Waals surface area contributed by atoms with E-state index in [-0.39, 0.29) is 0 Å². The fourth-order valence-electron chi connectivity index (χ4n) is 3.38. The van der Waals surface area contributed by atoms with E-state index in [9.17, 15) is 0 Å². The van der Waals surface area contributed by atoms with Crippen molar-refractivity contribution in [3.8, 4) is 0 Å². The number of rotatable bonds is 5. The standard InChI is InChI=1S/C16H34S4Si2/c1-21(2,3)15(17-11-7-12-18-15)9-10-16(22(4,5)6)19-13-8-14-20-16/h7-14H2,1-6H3. The van der Waals surface area contributed by atoms with Crippen LogP contribution in [0.4, 0.5) is 0 Å². The van der Waals surface area contributed by atoms with E-state index < -0.39 is 16.1 Å². The van der Waals surface area contributed by atoms with Gasteiger partial charge >= 0.3 is 0 Å². The summed E-state index contributed by atoms with van der Waals surface area (Å²) < 4.78 is 1.16. The van der Waals surface area contributed by atoms with Crippen molar-refractivity contribution in [2.75, 3.05) is 23.0 Å². The molecule has 0 bridgehead atoms. The van der Waals surface area contributed by atoms with Crippen LogP contribution in [0.5, 0.6) is 0 Å². The highest BCUT2D eigenvalue weighted by Gasteiger charge is 2.50. The van der Waals surface area contributed by atoms with E-state index in [0.717, 1.165) is 0 Å². The van der Waals surface area contributed by atoms with Crippen LogP contribution in [0.25, 0.3) is 0 Å². The lowest BCUT2D eigenvalue weighted by Gasteiger charge is -2.50. The third kappa shape index (κ3) is 4.32. The maximum Gasteiger partial charge on any atom is 0.0752 e. The second-order valence-electron chi connectivity index (χ2n) is 8.61. The molecule has 0 atom stereocenters. The third-order valence-electron chi connectivity index (χ3n) is 4.99. The van der Waals surface area contributed by atoms with Gasteiger partial charge in [-0.05, 0) is 48.7 Å². The lowest BCUT2D eigenvalue weighted by molar-refractivity contribution is 0.755. The SMILES string of the molecule is C[Si](C)(C)C1(CCC2([Si](C)(C)C)SCCCS2)SCCCS1. The van der Waals surface area contributed by atoms with Gasteiger partial charge in [0.05, 0.1) is 23.6 Å². The molecule has 0 aromatic carbocycles. The average Bonchev–Trinajstić information content (AvgIpc) is 2.45. The van der Waals surface area contributed by atoms with Gasteiger partial charge in [-0.2, -0.15) is 0 Å². The minimum absolute atomic E-state index is 0.580. The van der Waals surface area contributed by atoms with E-state index in [1.807, 2.05) is 0 Å². The molecule has 0 nitrogen and oxygen atoms in total. The first kappa shape index (κ1) is 20.1. The predicted molar refractivity (Wildman–Crippen MR) is 120 cm³/mol. The topological polar surface area (TPSA) is 0 Å². The number of hydrogen-bond donors (Lipinski definition) is 0. The maximum absolute atomic E-state index is 2.61. The van der Waals surface area contributed by atoms with Gasteiger partial charge in [0.15, 0.2) is 0 Å². The average molecular weight is 411 g/mol. The molecule has 130 valence electrons. The summed E-state index contributed by atoms with van der Waals surface area (Å²) in [7, 11) is -2.32. The fraction of sp³-hybridized carbons (Fsp3) is 1.00. The fourth-order valence-corrected chi connectivity index (χ4v) is 18.8. The Morgan fingerprint density at radius 2 is 0.864 bits per heavy atom. The second kappa shape index (κ2) is 7.60. The van der Waals surface area contributed by atoms with E-state index in [1.165, 1.54) is 48.7 Å². The van der Waals surface area contributed by atoms with Gasteiger partial charge in [0.1, 0.15) is 0 Å². The Balaban J connectivity index is 2.16. The van der Waals surface area contributed by atoms with Gasteiger partial charge < -0.3 is 0 Å². The zero-order valence-corrected chi connectivity index (χ0v) is 20.6. The molecule has 2 saturated heterocycles. The second-order valence-corrected chi connectivity index (χ2v) is 26.9. The summed E-state index contributed by atoms with van der Waals surface area (Å²) >= 11 is 9.35. The molecular formula is C16H34S4Si2. The lowest BCUT2D eigenvalue weighted by atomic mass is 10.3. The van der Waals surface area contributed by atoms with Crippen LogP contribution in [0.2, 0.25) is 39.3 Å². The largest absolute Gasteiger partial charge is 0.148 e. The highest BCUT2D eigenvalue weighted by Crippen LogP contribution is 2.57. The molecule has 2 rings (SSSR count). The van der Waals surface area contributed by atoms with Gasteiger partial charge in [0, 0.05) is 0 Å². The Labute approximate surface area is 157 Å². The zero-order chi connectivity index (χ0) is 16.5. The molecule has 0 radical (unpaired) electrons. The molecule has 0 aromatic rings. The molecule has 0 spiro atoms. The van der Waals surface area contributed by atoms with E-state index in [4.69, 9.17) is 0 Å². The van der Waals surface area contributed by atoms with Crippen LogP contribution in [0.15, 0.2) is 0 Å². The molecule has 2 aliphatic rings. The van der Waals surface area contributed by atoms with E-state index in [0.29, 0.717) is 7.40 Å². The Hall–Kier alpha value is 1.83. The van der Waals surface area contributed by atoms with Gasteiger partial charge in [-0.1, -0.05) is 39.3 Å². The van der Waals surface area contributed by atoms with Crippen LogP contribution in [0.1, 0.15) is 25.7 Å². The van der Waals surface area contributed by atoms with Crippen molar-refractivity contribution in [2.45, 2.75) is 72.4 Å². The van der Waals surface area contributed by atoms with Crippen molar-refractivity contribution in [2.24, 2.45) is 0 Å². The monoisotopic (exact) mass is 410 g/mol. The zero-order valence-electron chi connectivity index (χ0n) is 15.3. The molecule has 2 aliphatic heterocycles. The lowest BCUT2D eigenvalue weighted by Crippen LogP contribution is -2.53. The first-order chi connectivity index (χ1) is 10.1. The summed E-state index contributed by atoms with van der Waals surface area (Å²) in [5.74, 6) is 5.60. The number of hydrogen-bond acceptors (Lipinski definition) is 4. The van der Waals surface area contributed by atoms with Crippen molar-refractivity contribution in [1.82, 2.24) is 0 Å². The van der Waals surface area contributed by atoms with Gasteiger partial charge in [-0.25, -0.2) is 0 Å². The Morgan fingerprint density at radius 3 is 1.09 bits per heavy atom. The molecular weight excluding hydrogens is 377 g/mol. The third-order valence-corrected chi connectivity index (χ3v) is 25.2. The molecule has 0 N–H and O–H groups in total. The van der Waals surface area contributed by atoms with Crippen LogP contribution in [0.3, 0.4) is 0 Å². The first-order valence-corrected chi connectivity index (χ1v) is 19.6. The molecule has 0 unspecified atom stereocenters. The predicted octanol–water partition coefficient (Wildman–Crippen LogP) is 6.65. The van der Waals surface area contributed by atoms with Gasteiger partial charge in [-0.3, -0.25) is 0 Å².